The van der Waals surface area contributed by atoms with Gasteiger partial charge < -0.3 is 10.1 Å². The van der Waals surface area contributed by atoms with Crippen LogP contribution in [0.3, 0.4) is 0 Å². The lowest BCUT2D eigenvalue weighted by Crippen LogP contribution is -2.20. The van der Waals surface area contributed by atoms with E-state index in [1.807, 2.05) is 0 Å². The molecule has 1 aliphatic carbocycles. The van der Waals surface area contributed by atoms with Crippen LogP contribution in [0.25, 0.3) is 10.9 Å². The third-order valence-corrected chi connectivity index (χ3v) is 4.36. The predicted molar refractivity (Wildman–Crippen MR) is 96.3 cm³/mol. The second-order valence-corrected chi connectivity index (χ2v) is 6.91. The summed E-state index contributed by atoms with van der Waals surface area (Å²) in [5.74, 6) is 0.293. The highest BCUT2D eigenvalue weighted by Gasteiger charge is 2.30. The number of ether oxygens (including phenoxy) is 1. The van der Waals surface area contributed by atoms with Crippen molar-refractivity contribution in [2.45, 2.75) is 32.5 Å². The molecule has 0 aromatic carbocycles. The zero-order chi connectivity index (χ0) is 20.6. The molecule has 0 unspecified atom stereocenters. The zero-order valence-electron chi connectivity index (χ0n) is 15.4. The quantitative estimate of drug-likeness (QED) is 0.677. The lowest BCUT2D eigenvalue weighted by atomic mass is 10.2. The molecule has 3 aromatic rings. The van der Waals surface area contributed by atoms with Crippen LogP contribution in [0.2, 0.25) is 0 Å². The molecule has 1 amide bonds. The second kappa shape index (κ2) is 7.30. The number of aryl methyl sites for hydroxylation is 1. The van der Waals surface area contributed by atoms with Gasteiger partial charge in [-0.3, -0.25) is 9.48 Å². The van der Waals surface area contributed by atoms with Crippen LogP contribution in [-0.4, -0.2) is 43.7 Å². The molecular formula is C18H17F3N6O2. The van der Waals surface area contributed by atoms with E-state index in [1.165, 1.54) is 0 Å². The van der Waals surface area contributed by atoms with E-state index in [1.54, 1.807) is 36.1 Å². The van der Waals surface area contributed by atoms with E-state index in [-0.39, 0.29) is 24.2 Å². The molecule has 0 radical (unpaired) electrons. The summed E-state index contributed by atoms with van der Waals surface area (Å²) in [5, 5.41) is 15.6. The number of halogens is 3. The number of rotatable bonds is 6. The van der Waals surface area contributed by atoms with Gasteiger partial charge in [-0.2, -0.15) is 18.3 Å². The average Bonchev–Trinajstić information content (AvgIpc) is 3.41. The van der Waals surface area contributed by atoms with E-state index in [0.717, 1.165) is 12.8 Å². The van der Waals surface area contributed by atoms with Crippen LogP contribution in [-0.2, 0) is 11.3 Å². The van der Waals surface area contributed by atoms with Crippen LogP contribution in [0.1, 0.15) is 24.1 Å². The average molecular weight is 406 g/mol. The maximum absolute atomic E-state index is 12.3. The molecule has 1 fully saturated rings. The Labute approximate surface area is 163 Å². The summed E-state index contributed by atoms with van der Waals surface area (Å²) in [6, 6.07) is 3.32. The number of fused-ring (bicyclic) bond motifs is 1. The van der Waals surface area contributed by atoms with Crippen LogP contribution in [0.5, 0.6) is 5.88 Å². The summed E-state index contributed by atoms with van der Waals surface area (Å²) in [4.78, 5) is 16.2. The number of carbonyl (C=O) groups excluding carboxylic acids is 1. The molecule has 0 saturated heterocycles. The van der Waals surface area contributed by atoms with Crippen molar-refractivity contribution in [3.05, 3.63) is 35.8 Å². The molecule has 0 spiro atoms. The number of hydrogen-bond acceptors (Lipinski definition) is 6. The van der Waals surface area contributed by atoms with Crippen molar-refractivity contribution in [1.82, 2.24) is 25.0 Å². The Bertz CT molecular complexity index is 1060. The molecule has 0 atom stereocenters. The van der Waals surface area contributed by atoms with E-state index >= 15 is 0 Å². The third kappa shape index (κ3) is 4.61. The molecule has 1 saturated carbocycles. The van der Waals surface area contributed by atoms with Crippen molar-refractivity contribution in [3.63, 3.8) is 0 Å². The van der Waals surface area contributed by atoms with E-state index in [0.29, 0.717) is 28.0 Å². The Morgan fingerprint density at radius 2 is 2.14 bits per heavy atom. The van der Waals surface area contributed by atoms with Crippen LogP contribution < -0.4 is 10.1 Å². The van der Waals surface area contributed by atoms with Gasteiger partial charge in [0.15, 0.2) is 6.61 Å². The monoisotopic (exact) mass is 406 g/mol. The Morgan fingerprint density at radius 1 is 1.34 bits per heavy atom. The number of alkyl halides is 3. The van der Waals surface area contributed by atoms with Crippen molar-refractivity contribution in [2.24, 2.45) is 5.92 Å². The first-order chi connectivity index (χ1) is 13.8. The van der Waals surface area contributed by atoms with Crippen molar-refractivity contribution < 1.29 is 22.7 Å². The van der Waals surface area contributed by atoms with E-state index in [9.17, 15) is 18.0 Å². The van der Waals surface area contributed by atoms with Gasteiger partial charge in [0.2, 0.25) is 11.8 Å². The second-order valence-electron chi connectivity index (χ2n) is 6.91. The zero-order valence-corrected chi connectivity index (χ0v) is 15.4. The number of aromatic nitrogens is 5. The highest BCUT2D eigenvalue weighted by molar-refractivity contribution is 6.00. The minimum atomic E-state index is -4.44. The highest BCUT2D eigenvalue weighted by atomic mass is 19.4. The van der Waals surface area contributed by atoms with Crippen molar-refractivity contribution in [3.8, 4) is 5.88 Å². The fraction of sp³-hybridized carbons (Fsp3) is 0.389. The maximum Gasteiger partial charge on any atom is 0.422 e. The molecular weight excluding hydrogens is 389 g/mol. The number of hydrogen-bond donors (Lipinski definition) is 1. The molecule has 3 aromatic heterocycles. The number of nitrogens with zero attached hydrogens (tertiary/aromatic N) is 5. The van der Waals surface area contributed by atoms with Gasteiger partial charge in [-0.25, -0.2) is 4.98 Å². The van der Waals surface area contributed by atoms with Crippen LogP contribution in [0, 0.1) is 12.8 Å². The Morgan fingerprint density at radius 3 is 2.83 bits per heavy atom. The molecule has 1 N–H and O–H groups in total. The fourth-order valence-electron chi connectivity index (χ4n) is 2.80. The molecule has 0 aliphatic heterocycles. The van der Waals surface area contributed by atoms with Crippen molar-refractivity contribution in [1.29, 1.82) is 0 Å². The Balaban J connectivity index is 1.50. The lowest BCUT2D eigenvalue weighted by molar-refractivity contribution is -0.154. The summed E-state index contributed by atoms with van der Waals surface area (Å²) in [5.41, 5.74) is 1.60. The van der Waals surface area contributed by atoms with Crippen molar-refractivity contribution >= 4 is 22.6 Å². The highest BCUT2D eigenvalue weighted by Crippen LogP contribution is 2.31. The number of anilines is 1. The number of carbonyl (C=O) groups is 1. The summed E-state index contributed by atoms with van der Waals surface area (Å²) < 4.78 is 43.1. The Hall–Kier alpha value is -3.24. The van der Waals surface area contributed by atoms with Gasteiger partial charge in [0.05, 0.1) is 23.1 Å². The fourth-order valence-corrected chi connectivity index (χ4v) is 2.80. The van der Waals surface area contributed by atoms with Gasteiger partial charge in [-0.1, -0.05) is 0 Å². The Kier molecular flexibility index (Phi) is 4.81. The lowest BCUT2D eigenvalue weighted by Gasteiger charge is -2.10. The number of amides is 1. The predicted octanol–water partition coefficient (Wildman–Crippen LogP) is 2.87. The van der Waals surface area contributed by atoms with Gasteiger partial charge >= 0.3 is 6.18 Å². The minimum absolute atomic E-state index is 0.0475. The van der Waals surface area contributed by atoms with Crippen LogP contribution in [0.4, 0.5) is 19.0 Å². The molecule has 0 bridgehead atoms. The normalized spacial score (nSPS) is 14.2. The van der Waals surface area contributed by atoms with Gasteiger partial charge in [-0.15, -0.1) is 10.2 Å². The topological polar surface area (TPSA) is 94.8 Å². The largest absolute Gasteiger partial charge is 0.467 e. The van der Waals surface area contributed by atoms with Gasteiger partial charge in [0, 0.05) is 23.9 Å². The van der Waals surface area contributed by atoms with E-state index in [2.05, 4.69) is 30.3 Å². The first kappa shape index (κ1) is 19.1. The smallest absolute Gasteiger partial charge is 0.422 e. The third-order valence-electron chi connectivity index (χ3n) is 4.36. The molecule has 3 heterocycles. The maximum atomic E-state index is 12.3. The van der Waals surface area contributed by atoms with Gasteiger partial charge in [0.1, 0.15) is 5.82 Å². The number of nitrogens with one attached hydrogen (secondary N) is 1. The van der Waals surface area contributed by atoms with E-state index < -0.39 is 12.8 Å². The molecule has 1 aliphatic rings. The summed E-state index contributed by atoms with van der Waals surface area (Å²) >= 11 is 0. The SMILES string of the molecule is Cc1cc(Cn2cc3c(NC(=O)C4CC4)nccc3n2)nnc1OCC(F)(F)F. The van der Waals surface area contributed by atoms with Crippen LogP contribution in [0.15, 0.2) is 24.5 Å². The van der Waals surface area contributed by atoms with Gasteiger partial charge in [0.25, 0.3) is 0 Å². The van der Waals surface area contributed by atoms with Crippen LogP contribution >= 0.6 is 0 Å². The molecule has 11 heteroatoms. The molecule has 29 heavy (non-hydrogen) atoms. The molecule has 4 rings (SSSR count). The number of pyridine rings is 1. The van der Waals surface area contributed by atoms with E-state index in [4.69, 9.17) is 0 Å². The summed E-state index contributed by atoms with van der Waals surface area (Å²) in [7, 11) is 0. The summed E-state index contributed by atoms with van der Waals surface area (Å²) in [6.45, 7) is 0.422. The standard InChI is InChI=1S/C18H17F3N6O2/c1-10-6-12(24-25-17(10)29-9-18(19,20)21)7-27-8-13-14(26-27)4-5-22-15(13)23-16(28)11-2-3-11/h4-6,8,11H,2-3,7,9H2,1H3,(H,22,23,28). The van der Waals surface area contributed by atoms with Gasteiger partial charge in [-0.05, 0) is 31.9 Å². The molecule has 152 valence electrons. The minimum Gasteiger partial charge on any atom is -0.467 e. The molecule has 8 nitrogen and oxygen atoms in total. The first-order valence-corrected chi connectivity index (χ1v) is 8.94. The first-order valence-electron chi connectivity index (χ1n) is 8.94. The van der Waals surface area contributed by atoms with Crippen molar-refractivity contribution in [2.75, 3.05) is 11.9 Å². The summed E-state index contributed by atoms with van der Waals surface area (Å²) in [6.07, 6.45) is 0.640.